The van der Waals surface area contributed by atoms with Crippen molar-refractivity contribution in [1.29, 1.82) is 0 Å². The molecule has 0 aliphatic heterocycles. The second-order valence-electron chi connectivity index (χ2n) is 12.3. The first-order chi connectivity index (χ1) is 19.0. The molecule has 11 heteroatoms. The molecule has 0 radical (unpaired) electrons. The minimum atomic E-state index is -3.41. The molecule has 2 aromatic carbocycles. The zero-order valence-electron chi connectivity index (χ0n) is 23.0. The van der Waals surface area contributed by atoms with E-state index in [1.165, 1.54) is 13.2 Å². The summed E-state index contributed by atoms with van der Waals surface area (Å²) >= 11 is 0. The number of allylic oxidation sites excluding steroid dienone is 2. The van der Waals surface area contributed by atoms with Crippen LogP contribution in [0, 0.1) is 5.41 Å². The lowest BCUT2D eigenvalue weighted by atomic mass is 9.54. The molecule has 2 aromatic rings. The van der Waals surface area contributed by atoms with Gasteiger partial charge in [0.25, 0.3) is 5.91 Å². The Morgan fingerprint density at radius 1 is 1.10 bits per heavy atom. The Balaban J connectivity index is 1.79. The maximum atomic E-state index is 14.1. The number of aliphatic hydroxyl groups excluding tert-OH is 2. The van der Waals surface area contributed by atoms with Gasteiger partial charge in [0, 0.05) is 34.4 Å². The quantitative estimate of drug-likeness (QED) is 0.207. The minimum Gasteiger partial charge on any atom is -0.508 e. The second-order valence-corrected chi connectivity index (χ2v) is 12.3. The average molecular weight is 566 g/mol. The number of phenolic OH excluding ortho intramolecular Hbond substituents is 2. The van der Waals surface area contributed by atoms with E-state index >= 15 is 0 Å². The third-order valence-corrected chi connectivity index (χ3v) is 10.2. The summed E-state index contributed by atoms with van der Waals surface area (Å²) in [5.41, 5.74) is -2.49. The fourth-order valence-electron chi connectivity index (χ4n) is 8.11. The van der Waals surface area contributed by atoms with Gasteiger partial charge in [0.05, 0.1) is 18.1 Å². The largest absolute Gasteiger partial charge is 0.508 e. The van der Waals surface area contributed by atoms with Crippen molar-refractivity contribution >= 4 is 28.2 Å². The molecule has 0 saturated heterocycles. The van der Waals surface area contributed by atoms with Crippen LogP contribution in [0.2, 0.25) is 0 Å². The molecule has 0 saturated carbocycles. The minimum absolute atomic E-state index is 0.138. The predicted octanol–water partition coefficient (Wildman–Crippen LogP) is 1.78. The molecule has 4 atom stereocenters. The molecule has 0 fully saturated rings. The van der Waals surface area contributed by atoms with Gasteiger partial charge < -0.3 is 41.1 Å². The molecule has 0 aromatic heterocycles. The van der Waals surface area contributed by atoms with Gasteiger partial charge in [-0.3, -0.25) is 14.4 Å². The Hall–Kier alpha value is -3.93. The van der Waals surface area contributed by atoms with Crippen LogP contribution < -0.4 is 10.5 Å². The Morgan fingerprint density at radius 3 is 2.34 bits per heavy atom. The van der Waals surface area contributed by atoms with E-state index in [2.05, 4.69) is 19.9 Å². The highest BCUT2D eigenvalue weighted by molar-refractivity contribution is 6.24. The number of hydrogen-bond donors (Lipinski definition) is 7. The number of Topliss-reactive ketones (excluding diaryl/α,β-unsaturated/α-hetero) is 2. The number of hydrogen-bond acceptors (Lipinski definition) is 10. The topological polar surface area (TPSA) is 208 Å². The van der Waals surface area contributed by atoms with E-state index in [9.17, 15) is 45.0 Å². The Kier molecular flexibility index (Phi) is 5.23. The highest BCUT2D eigenvalue weighted by Crippen LogP contribution is 2.66. The number of aromatic hydroxyl groups is 2. The zero-order valence-corrected chi connectivity index (χ0v) is 23.0. The van der Waals surface area contributed by atoms with Crippen LogP contribution in [0.15, 0.2) is 29.0 Å². The number of fused-ring (bicyclic) bond motifs is 4. The number of ether oxygens (including phenoxy) is 1. The normalized spacial score (nSPS) is 31.8. The monoisotopic (exact) mass is 565 g/mol. The molecular formula is C30H31NO10. The molecule has 8 N–H and O–H groups in total. The lowest BCUT2D eigenvalue weighted by Crippen LogP contribution is -2.69. The number of aliphatic hydroxyl groups is 4. The first-order valence-corrected chi connectivity index (χ1v) is 13.3. The lowest BCUT2D eigenvalue weighted by molar-refractivity contribution is -0.193. The first-order valence-electron chi connectivity index (χ1n) is 13.3. The number of primary amides is 1. The molecule has 11 nitrogen and oxygen atoms in total. The van der Waals surface area contributed by atoms with Crippen LogP contribution in [0.4, 0.5) is 0 Å². The van der Waals surface area contributed by atoms with Crippen molar-refractivity contribution in [3.8, 4) is 17.2 Å². The van der Waals surface area contributed by atoms with Crippen molar-refractivity contribution in [3.05, 3.63) is 51.3 Å². The summed E-state index contributed by atoms with van der Waals surface area (Å²) in [6, 6.07) is 1.33. The van der Waals surface area contributed by atoms with Gasteiger partial charge in [0.2, 0.25) is 11.4 Å². The summed E-state index contributed by atoms with van der Waals surface area (Å²) in [6.45, 7) is 6.10. The summed E-state index contributed by atoms with van der Waals surface area (Å²) in [5, 5.41) is 68.9. The van der Waals surface area contributed by atoms with Gasteiger partial charge in [-0.15, -0.1) is 0 Å². The number of rotatable bonds is 2. The number of benzene rings is 2. The van der Waals surface area contributed by atoms with Gasteiger partial charge in [-0.25, -0.2) is 0 Å². The van der Waals surface area contributed by atoms with Crippen LogP contribution in [-0.4, -0.2) is 66.4 Å². The smallest absolute Gasteiger partial charge is 0.255 e. The van der Waals surface area contributed by atoms with Crippen molar-refractivity contribution in [2.75, 3.05) is 7.11 Å². The standard InChI is InChI=1S/C30H31NO10/c1-11-6-5-7-27(2,3)28(11)9-12-16-18(13(32)8-15(41-4)21(16)28)22(34)20-17(12)23(35)29(39)10-14(33)19(26(31)38)24(36)30(29,40)25(20)37/h6,8,23,32,34-36,39-40H,5,7,9-10H2,1-4H3,(H2,31,38)/t23-,28-,29-,30+/m1/s1. The van der Waals surface area contributed by atoms with E-state index < -0.39 is 80.4 Å². The molecule has 0 heterocycles. The second kappa shape index (κ2) is 7.87. The number of ketones is 2. The van der Waals surface area contributed by atoms with Crippen molar-refractivity contribution in [3.63, 3.8) is 0 Å². The molecule has 6 rings (SSSR count). The third kappa shape index (κ3) is 2.76. The fraction of sp³-hybridized carbons (Fsp3) is 0.433. The Morgan fingerprint density at radius 2 is 1.76 bits per heavy atom. The van der Waals surface area contributed by atoms with Crippen LogP contribution in [0.1, 0.15) is 73.2 Å². The maximum Gasteiger partial charge on any atom is 0.255 e. The van der Waals surface area contributed by atoms with Crippen molar-refractivity contribution in [2.45, 2.75) is 69.2 Å². The number of phenols is 2. The molecular weight excluding hydrogens is 534 g/mol. The van der Waals surface area contributed by atoms with Gasteiger partial charge >= 0.3 is 0 Å². The summed E-state index contributed by atoms with van der Waals surface area (Å²) in [7, 11) is 1.44. The van der Waals surface area contributed by atoms with E-state index in [-0.39, 0.29) is 17.4 Å². The number of nitrogens with two attached hydrogens (primary N) is 1. The molecule has 0 bridgehead atoms. The Bertz CT molecular complexity index is 1720. The van der Waals surface area contributed by atoms with Crippen LogP contribution in [0.5, 0.6) is 17.2 Å². The van der Waals surface area contributed by atoms with Crippen molar-refractivity contribution in [2.24, 2.45) is 11.1 Å². The number of carbonyl (C=O) groups excluding carboxylic acids is 3. The maximum absolute atomic E-state index is 14.1. The van der Waals surface area contributed by atoms with Crippen LogP contribution in [-0.2, 0) is 21.4 Å². The predicted molar refractivity (Wildman–Crippen MR) is 144 cm³/mol. The third-order valence-electron chi connectivity index (χ3n) is 10.2. The van der Waals surface area contributed by atoms with Gasteiger partial charge in [-0.05, 0) is 37.2 Å². The van der Waals surface area contributed by atoms with Crippen LogP contribution in [0.3, 0.4) is 0 Å². The Labute approximate surface area is 234 Å². The van der Waals surface area contributed by atoms with Crippen LogP contribution in [0.25, 0.3) is 10.8 Å². The van der Waals surface area contributed by atoms with E-state index in [1.54, 1.807) is 0 Å². The van der Waals surface area contributed by atoms with Gasteiger partial charge in [-0.2, -0.15) is 0 Å². The average Bonchev–Trinajstić information content (AvgIpc) is 3.24. The molecule has 1 spiro atoms. The van der Waals surface area contributed by atoms with E-state index in [1.807, 2.05) is 6.92 Å². The summed E-state index contributed by atoms with van der Waals surface area (Å²) in [5.74, 6) is -6.54. The first kappa shape index (κ1) is 27.3. The highest BCUT2D eigenvalue weighted by atomic mass is 16.5. The molecule has 4 aliphatic carbocycles. The highest BCUT2D eigenvalue weighted by Gasteiger charge is 2.71. The molecule has 41 heavy (non-hydrogen) atoms. The van der Waals surface area contributed by atoms with Gasteiger partial charge in [-0.1, -0.05) is 25.5 Å². The molecule has 0 unspecified atom stereocenters. The van der Waals surface area contributed by atoms with E-state index in [4.69, 9.17) is 10.5 Å². The number of carbonyl (C=O) groups is 3. The lowest BCUT2D eigenvalue weighted by Gasteiger charge is -2.51. The van der Waals surface area contributed by atoms with Gasteiger partial charge in [0.1, 0.15) is 34.5 Å². The van der Waals surface area contributed by atoms with Crippen molar-refractivity contribution < 1.29 is 49.8 Å². The van der Waals surface area contributed by atoms with E-state index in [0.29, 0.717) is 22.3 Å². The van der Waals surface area contributed by atoms with E-state index in [0.717, 1.165) is 18.4 Å². The summed E-state index contributed by atoms with van der Waals surface area (Å²) < 4.78 is 5.73. The molecule has 1 amide bonds. The SMILES string of the molecule is COc1cc(O)c2c(O)c3c(c4c2c1[C@@]1(C4)C(C)=CCCC1(C)C)[C@@H](O)[C@]1(O)CC(=O)C(C(N)=O)=C(O)[C@]1(O)C3=O. The molecule has 4 aliphatic rings. The summed E-state index contributed by atoms with van der Waals surface area (Å²) in [6.07, 6.45) is 0.488. The summed E-state index contributed by atoms with van der Waals surface area (Å²) in [4.78, 5) is 38.9. The molecule has 216 valence electrons. The van der Waals surface area contributed by atoms with Crippen molar-refractivity contribution in [1.82, 2.24) is 0 Å². The fourth-order valence-corrected chi connectivity index (χ4v) is 8.11. The number of amides is 1. The van der Waals surface area contributed by atoms with Crippen LogP contribution >= 0.6 is 0 Å². The number of methoxy groups -OCH3 is 1. The van der Waals surface area contributed by atoms with Gasteiger partial charge in [0.15, 0.2) is 11.5 Å². The zero-order chi connectivity index (χ0) is 30.2.